The van der Waals surface area contributed by atoms with Crippen molar-refractivity contribution >= 4 is 35.3 Å². The summed E-state index contributed by atoms with van der Waals surface area (Å²) >= 11 is 5.70. The Hall–Kier alpha value is -1.15. The minimum Gasteiger partial charge on any atom is -0.459 e. The fraction of sp³-hybridized carbons (Fsp3) is 0.571. The lowest BCUT2D eigenvalue weighted by Gasteiger charge is -2.23. The molecule has 0 spiro atoms. The molecular weight excluding hydrogens is 328 g/mol. The molecular formula is C14H19F2N3OS2. The predicted octanol–water partition coefficient (Wildman–Crippen LogP) is 3.87. The first-order valence-corrected chi connectivity index (χ1v) is 8.67. The van der Waals surface area contributed by atoms with Gasteiger partial charge in [0.05, 0.1) is 12.0 Å². The zero-order valence-corrected chi connectivity index (χ0v) is 13.7. The Morgan fingerprint density at radius 3 is 2.91 bits per heavy atom. The van der Waals surface area contributed by atoms with E-state index in [-0.39, 0.29) is 5.75 Å². The normalized spacial score (nSPS) is 16.3. The van der Waals surface area contributed by atoms with Crippen molar-refractivity contribution in [3.05, 3.63) is 23.7 Å². The molecule has 0 amide bonds. The van der Waals surface area contributed by atoms with E-state index in [0.717, 1.165) is 12.8 Å². The van der Waals surface area contributed by atoms with Gasteiger partial charge in [-0.1, -0.05) is 31.0 Å². The Morgan fingerprint density at radius 1 is 1.41 bits per heavy atom. The Balaban J connectivity index is 1.71. The highest BCUT2D eigenvalue weighted by Gasteiger charge is 2.13. The molecule has 0 radical (unpaired) electrons. The van der Waals surface area contributed by atoms with Crippen LogP contribution in [0, 0.1) is 0 Å². The fourth-order valence-electron chi connectivity index (χ4n) is 2.31. The highest BCUT2D eigenvalue weighted by molar-refractivity contribution is 7.98. The summed E-state index contributed by atoms with van der Waals surface area (Å²) in [6.07, 6.45) is 7.50. The van der Waals surface area contributed by atoms with Crippen molar-refractivity contribution in [1.82, 2.24) is 10.7 Å². The van der Waals surface area contributed by atoms with Crippen molar-refractivity contribution in [2.24, 2.45) is 5.10 Å². The molecule has 4 nitrogen and oxygen atoms in total. The van der Waals surface area contributed by atoms with Gasteiger partial charge in [-0.15, -0.1) is 0 Å². The number of thioether (sulfide) groups is 1. The van der Waals surface area contributed by atoms with E-state index in [1.54, 1.807) is 12.1 Å². The van der Waals surface area contributed by atoms with E-state index in [1.807, 2.05) is 0 Å². The van der Waals surface area contributed by atoms with Gasteiger partial charge < -0.3 is 9.73 Å². The summed E-state index contributed by atoms with van der Waals surface area (Å²) in [4.78, 5) is 0. The van der Waals surface area contributed by atoms with Crippen LogP contribution in [0.2, 0.25) is 0 Å². The van der Waals surface area contributed by atoms with E-state index in [0.29, 0.717) is 34.4 Å². The summed E-state index contributed by atoms with van der Waals surface area (Å²) in [5.74, 6) is -1.26. The van der Waals surface area contributed by atoms with Gasteiger partial charge in [-0.2, -0.15) is 13.9 Å². The predicted molar refractivity (Wildman–Crippen MR) is 89.3 cm³/mol. The summed E-state index contributed by atoms with van der Waals surface area (Å²) in [5.41, 5.74) is 2.74. The van der Waals surface area contributed by atoms with Crippen LogP contribution in [-0.2, 0) is 5.75 Å². The summed E-state index contributed by atoms with van der Waals surface area (Å²) in [6.45, 7) is 0. The second-order valence-corrected chi connectivity index (χ2v) is 6.44. The zero-order chi connectivity index (χ0) is 15.8. The summed E-state index contributed by atoms with van der Waals surface area (Å²) in [6, 6.07) is 3.77. The van der Waals surface area contributed by atoms with Gasteiger partial charge in [0, 0.05) is 6.04 Å². The molecule has 8 heteroatoms. The van der Waals surface area contributed by atoms with Crippen molar-refractivity contribution in [2.45, 2.75) is 49.7 Å². The Kier molecular flexibility index (Phi) is 7.11. The quantitative estimate of drug-likeness (QED) is 0.465. The minimum absolute atomic E-state index is 0.139. The lowest BCUT2D eigenvalue weighted by molar-refractivity contribution is 0.251. The summed E-state index contributed by atoms with van der Waals surface area (Å²) < 4.78 is 29.5. The molecule has 0 atom stereocenters. The first-order chi connectivity index (χ1) is 10.6. The maximum Gasteiger partial charge on any atom is 0.284 e. The minimum atomic E-state index is -2.40. The van der Waals surface area contributed by atoms with Crippen molar-refractivity contribution in [1.29, 1.82) is 0 Å². The fourth-order valence-corrected chi connectivity index (χ4v) is 2.97. The molecule has 1 aliphatic rings. The van der Waals surface area contributed by atoms with E-state index in [4.69, 9.17) is 16.6 Å². The lowest BCUT2D eigenvalue weighted by atomic mass is 9.96. The highest BCUT2D eigenvalue weighted by Crippen LogP contribution is 2.20. The molecule has 0 aromatic carbocycles. The average molecular weight is 347 g/mol. The van der Waals surface area contributed by atoms with Gasteiger partial charge in [-0.05, 0) is 37.2 Å². The van der Waals surface area contributed by atoms with E-state index in [2.05, 4.69) is 15.8 Å². The monoisotopic (exact) mass is 347 g/mol. The molecule has 1 aromatic heterocycles. The molecule has 2 N–H and O–H groups in total. The molecule has 1 aliphatic carbocycles. The lowest BCUT2D eigenvalue weighted by Crippen LogP contribution is -2.40. The van der Waals surface area contributed by atoms with E-state index in [1.165, 1.54) is 25.5 Å². The third kappa shape index (κ3) is 6.31. The number of hydrogen-bond donors (Lipinski definition) is 2. The average Bonchev–Trinajstić information content (AvgIpc) is 2.94. The Bertz CT molecular complexity index is 502. The molecule has 1 fully saturated rings. The summed E-state index contributed by atoms with van der Waals surface area (Å²) in [7, 11) is 0. The van der Waals surface area contributed by atoms with Crippen LogP contribution >= 0.6 is 24.0 Å². The van der Waals surface area contributed by atoms with Crippen LogP contribution < -0.4 is 10.7 Å². The number of nitrogens with zero attached hydrogens (tertiary/aromatic N) is 1. The number of rotatable bonds is 6. The van der Waals surface area contributed by atoms with Gasteiger partial charge in [0.25, 0.3) is 5.76 Å². The van der Waals surface area contributed by atoms with Crippen molar-refractivity contribution in [3.8, 4) is 0 Å². The number of furan rings is 1. The maximum atomic E-state index is 12.1. The molecule has 0 saturated heterocycles. The third-order valence-corrected chi connectivity index (χ3v) is 4.24. The Labute approximate surface area is 138 Å². The van der Waals surface area contributed by atoms with E-state index in [9.17, 15) is 8.78 Å². The molecule has 2 rings (SSSR count). The maximum absolute atomic E-state index is 12.1. The number of hydrogen-bond acceptors (Lipinski definition) is 4. The number of halogens is 2. The van der Waals surface area contributed by atoms with Gasteiger partial charge in [0.2, 0.25) is 0 Å². The zero-order valence-electron chi connectivity index (χ0n) is 12.1. The van der Waals surface area contributed by atoms with Crippen LogP contribution in [0.5, 0.6) is 0 Å². The second kappa shape index (κ2) is 9.09. The number of alkyl halides is 2. The number of thiocarbonyl (C=S) groups is 1. The second-order valence-electron chi connectivity index (χ2n) is 5.05. The third-order valence-electron chi connectivity index (χ3n) is 3.33. The van der Waals surface area contributed by atoms with Crippen LogP contribution in [-0.4, -0.2) is 23.1 Å². The first-order valence-electron chi connectivity index (χ1n) is 7.21. The van der Waals surface area contributed by atoms with Gasteiger partial charge in [-0.25, -0.2) is 0 Å². The topological polar surface area (TPSA) is 49.6 Å². The number of hydrazone groups is 1. The molecule has 122 valence electrons. The first kappa shape index (κ1) is 17.2. The molecule has 1 heterocycles. The molecule has 0 aliphatic heterocycles. The smallest absolute Gasteiger partial charge is 0.284 e. The molecule has 22 heavy (non-hydrogen) atoms. The van der Waals surface area contributed by atoms with Crippen LogP contribution in [0.25, 0.3) is 0 Å². The van der Waals surface area contributed by atoms with Crippen molar-refractivity contribution in [2.75, 3.05) is 0 Å². The molecule has 1 aromatic rings. The largest absolute Gasteiger partial charge is 0.459 e. The van der Waals surface area contributed by atoms with Crippen LogP contribution in [0.3, 0.4) is 0 Å². The molecule has 0 bridgehead atoms. The van der Waals surface area contributed by atoms with E-state index < -0.39 is 5.76 Å². The summed E-state index contributed by atoms with van der Waals surface area (Å²) in [5, 5.41) is 7.71. The highest BCUT2D eigenvalue weighted by atomic mass is 32.2. The van der Waals surface area contributed by atoms with Gasteiger partial charge in [0.1, 0.15) is 11.5 Å². The van der Waals surface area contributed by atoms with Gasteiger partial charge >= 0.3 is 0 Å². The van der Waals surface area contributed by atoms with Crippen LogP contribution in [0.1, 0.15) is 43.6 Å². The van der Waals surface area contributed by atoms with Crippen LogP contribution in [0.4, 0.5) is 8.78 Å². The molecule has 0 unspecified atom stereocenters. The van der Waals surface area contributed by atoms with Crippen molar-refractivity contribution < 1.29 is 13.2 Å². The van der Waals surface area contributed by atoms with Gasteiger partial charge in [0.15, 0.2) is 5.11 Å². The number of nitrogens with one attached hydrogen (secondary N) is 2. The van der Waals surface area contributed by atoms with Gasteiger partial charge in [-0.3, -0.25) is 5.43 Å². The molecule has 1 saturated carbocycles. The van der Waals surface area contributed by atoms with E-state index >= 15 is 0 Å². The van der Waals surface area contributed by atoms with Crippen molar-refractivity contribution in [3.63, 3.8) is 0 Å². The van der Waals surface area contributed by atoms with Crippen LogP contribution in [0.15, 0.2) is 21.7 Å². The standard InChI is InChI=1S/C14H19F2N3OS2/c15-13(16)22-9-12-7-6-11(20-12)8-17-19-14(21)18-10-4-2-1-3-5-10/h6-8,10,13H,1-5,9H2,(H2,18,19,21)/b17-8-. The Morgan fingerprint density at radius 2 is 2.18 bits per heavy atom. The SMILES string of the molecule is FC(F)SCc1ccc(/C=N\NC(=S)NC2CCCCC2)o1.